The zero-order valence-electron chi connectivity index (χ0n) is 17.9. The highest BCUT2D eigenvalue weighted by molar-refractivity contribution is 5.96. The van der Waals surface area contributed by atoms with E-state index in [0.717, 1.165) is 17.7 Å². The molecule has 2 aromatic carbocycles. The summed E-state index contributed by atoms with van der Waals surface area (Å²) in [6, 6.07) is 15.3. The van der Waals surface area contributed by atoms with Gasteiger partial charge in [0.15, 0.2) is 0 Å². The summed E-state index contributed by atoms with van der Waals surface area (Å²) in [4.78, 5) is 16.5. The zero-order valence-corrected chi connectivity index (χ0v) is 17.9. The fourth-order valence-electron chi connectivity index (χ4n) is 3.22. The summed E-state index contributed by atoms with van der Waals surface area (Å²) < 4.78 is 48.7. The van der Waals surface area contributed by atoms with E-state index in [1.165, 1.54) is 12.1 Å². The van der Waals surface area contributed by atoms with Crippen molar-refractivity contribution in [2.45, 2.75) is 25.9 Å². The molecule has 0 saturated heterocycles. The molecule has 0 spiro atoms. The Morgan fingerprint density at radius 1 is 1.12 bits per heavy atom. The Morgan fingerprint density at radius 2 is 1.88 bits per heavy atom. The average molecular weight is 454 g/mol. The van der Waals surface area contributed by atoms with E-state index in [1.807, 2.05) is 0 Å². The van der Waals surface area contributed by atoms with E-state index in [-0.39, 0.29) is 18.8 Å². The first-order valence-corrected chi connectivity index (χ1v) is 10.3. The molecule has 33 heavy (non-hydrogen) atoms. The molecular weight excluding hydrogens is 433 g/mol. The minimum absolute atomic E-state index is 0.232. The molecule has 0 aliphatic heterocycles. The van der Waals surface area contributed by atoms with Crippen molar-refractivity contribution in [2.24, 2.45) is 0 Å². The van der Waals surface area contributed by atoms with E-state index >= 15 is 0 Å². The highest BCUT2D eigenvalue weighted by atomic mass is 19.4. The van der Waals surface area contributed by atoms with Crippen LogP contribution in [0.3, 0.4) is 0 Å². The van der Waals surface area contributed by atoms with E-state index in [2.05, 4.69) is 11.1 Å². The van der Waals surface area contributed by atoms with Gasteiger partial charge in [0.05, 0.1) is 35.6 Å². The van der Waals surface area contributed by atoms with Crippen molar-refractivity contribution in [3.05, 3.63) is 83.0 Å². The van der Waals surface area contributed by atoms with Gasteiger partial charge in [-0.3, -0.25) is 4.98 Å². The lowest BCUT2D eigenvalue weighted by Crippen LogP contribution is -2.07. The molecule has 0 aliphatic carbocycles. The number of pyridine rings is 1. The van der Waals surface area contributed by atoms with Gasteiger partial charge in [-0.25, -0.2) is 4.79 Å². The fourth-order valence-corrected chi connectivity index (χ4v) is 3.22. The summed E-state index contributed by atoms with van der Waals surface area (Å²) >= 11 is 0. The Kier molecular flexibility index (Phi) is 7.67. The van der Waals surface area contributed by atoms with Crippen LogP contribution >= 0.6 is 0 Å². The van der Waals surface area contributed by atoms with Crippen molar-refractivity contribution in [3.63, 3.8) is 0 Å². The third-order valence-corrected chi connectivity index (χ3v) is 4.83. The molecule has 0 radical (unpaired) electrons. The Morgan fingerprint density at radius 3 is 2.55 bits per heavy atom. The number of carbonyl (C=O) groups excluding carboxylic acids is 1. The summed E-state index contributed by atoms with van der Waals surface area (Å²) in [5.41, 5.74) is 1.65. The second kappa shape index (κ2) is 10.6. The minimum Gasteiger partial charge on any atom is -0.492 e. The van der Waals surface area contributed by atoms with Crippen molar-refractivity contribution in [1.82, 2.24) is 4.98 Å². The molecule has 0 N–H and O–H groups in total. The number of carbonyl (C=O) groups is 1. The Labute approximate surface area is 189 Å². The Balaban J connectivity index is 1.66. The summed E-state index contributed by atoms with van der Waals surface area (Å²) in [6.45, 7) is 2.23. The van der Waals surface area contributed by atoms with Crippen LogP contribution in [0.2, 0.25) is 0 Å². The zero-order chi connectivity index (χ0) is 23.8. The molecule has 5 nitrogen and oxygen atoms in total. The molecule has 0 aliphatic rings. The summed E-state index contributed by atoms with van der Waals surface area (Å²) in [6.07, 6.45) is -1.70. The normalized spacial score (nSPS) is 11.0. The van der Waals surface area contributed by atoms with Crippen molar-refractivity contribution in [2.75, 3.05) is 13.2 Å². The first-order chi connectivity index (χ1) is 15.8. The smallest absolute Gasteiger partial charge is 0.416 e. The first-order valence-electron chi connectivity index (χ1n) is 10.3. The quantitative estimate of drug-likeness (QED) is 0.316. The van der Waals surface area contributed by atoms with Crippen LogP contribution in [-0.2, 0) is 17.3 Å². The van der Waals surface area contributed by atoms with Crippen LogP contribution in [-0.4, -0.2) is 24.2 Å². The second-order valence-corrected chi connectivity index (χ2v) is 7.09. The maximum atomic E-state index is 12.6. The lowest BCUT2D eigenvalue weighted by Gasteiger charge is -2.11. The average Bonchev–Trinajstić information content (AvgIpc) is 2.81. The van der Waals surface area contributed by atoms with Gasteiger partial charge in [0.1, 0.15) is 11.8 Å². The summed E-state index contributed by atoms with van der Waals surface area (Å²) in [7, 11) is 0. The van der Waals surface area contributed by atoms with Crippen molar-refractivity contribution in [3.8, 4) is 23.1 Å². The van der Waals surface area contributed by atoms with Gasteiger partial charge in [0.25, 0.3) is 0 Å². The van der Waals surface area contributed by atoms with E-state index in [9.17, 15) is 23.2 Å². The van der Waals surface area contributed by atoms with Crippen molar-refractivity contribution in [1.29, 1.82) is 5.26 Å². The van der Waals surface area contributed by atoms with Crippen molar-refractivity contribution >= 4 is 5.97 Å². The molecule has 170 valence electrons. The van der Waals surface area contributed by atoms with Crippen LogP contribution in [0, 0.1) is 11.3 Å². The number of rotatable bonds is 8. The Hall–Kier alpha value is -3.86. The Bertz CT molecular complexity index is 1150. The maximum absolute atomic E-state index is 12.6. The number of halogens is 3. The second-order valence-electron chi connectivity index (χ2n) is 7.09. The molecule has 8 heteroatoms. The molecule has 0 bridgehead atoms. The van der Waals surface area contributed by atoms with Gasteiger partial charge in [0, 0.05) is 11.8 Å². The van der Waals surface area contributed by atoms with Gasteiger partial charge in [-0.2, -0.15) is 18.4 Å². The van der Waals surface area contributed by atoms with Gasteiger partial charge >= 0.3 is 12.1 Å². The molecule has 3 rings (SSSR count). The third kappa shape index (κ3) is 6.10. The predicted octanol–water partition coefficient (Wildman–Crippen LogP) is 5.83. The van der Waals surface area contributed by atoms with Crippen molar-refractivity contribution < 1.29 is 27.4 Å². The fraction of sp³-hybridized carbons (Fsp3) is 0.240. The lowest BCUT2D eigenvalue weighted by atomic mass is 10.0. The molecule has 0 saturated carbocycles. The number of nitriles is 1. The van der Waals surface area contributed by atoms with Crippen LogP contribution in [0.5, 0.6) is 5.75 Å². The highest BCUT2D eigenvalue weighted by Crippen LogP contribution is 2.30. The highest BCUT2D eigenvalue weighted by Gasteiger charge is 2.29. The van der Waals surface area contributed by atoms with Gasteiger partial charge in [-0.15, -0.1) is 0 Å². The van der Waals surface area contributed by atoms with Crippen LogP contribution < -0.4 is 4.74 Å². The minimum atomic E-state index is -4.35. The van der Waals surface area contributed by atoms with Gasteiger partial charge in [-0.05, 0) is 67.8 Å². The molecule has 0 amide bonds. The molecule has 0 unspecified atom stereocenters. The maximum Gasteiger partial charge on any atom is 0.416 e. The SMILES string of the molecule is CCOC(=O)c1cccnc1-c1ccc(OCCCc2ccc(C(F)(F)F)cc2)c(C#N)c1. The first kappa shape index (κ1) is 23.8. The van der Waals surface area contributed by atoms with E-state index in [0.29, 0.717) is 35.4 Å². The molecule has 0 atom stereocenters. The number of aryl methyl sites for hydroxylation is 1. The van der Waals surface area contributed by atoms with Crippen LogP contribution in [0.1, 0.15) is 40.4 Å². The lowest BCUT2D eigenvalue weighted by molar-refractivity contribution is -0.137. The van der Waals surface area contributed by atoms with Gasteiger partial charge in [-0.1, -0.05) is 12.1 Å². The summed E-state index contributed by atoms with van der Waals surface area (Å²) in [5, 5.41) is 9.54. The van der Waals surface area contributed by atoms with Crippen LogP contribution in [0.15, 0.2) is 60.8 Å². The molecule has 0 fully saturated rings. The monoisotopic (exact) mass is 454 g/mol. The molecule has 1 heterocycles. The van der Waals surface area contributed by atoms with Gasteiger partial charge < -0.3 is 9.47 Å². The number of ether oxygens (including phenoxy) is 2. The van der Waals surface area contributed by atoms with E-state index in [1.54, 1.807) is 43.5 Å². The van der Waals surface area contributed by atoms with Crippen LogP contribution in [0.4, 0.5) is 13.2 Å². The standard InChI is InChI=1S/C25H21F3N2O3/c1-2-32-24(31)21-6-3-13-30-23(21)18-9-12-22(19(15-18)16-29)33-14-4-5-17-7-10-20(11-8-17)25(26,27)28/h3,6-13,15H,2,4-5,14H2,1H3. The number of nitrogens with zero attached hydrogens (tertiary/aromatic N) is 2. The number of hydrogen-bond donors (Lipinski definition) is 0. The number of alkyl halides is 3. The van der Waals surface area contributed by atoms with Crippen LogP contribution in [0.25, 0.3) is 11.3 Å². The van der Waals surface area contributed by atoms with Gasteiger partial charge in [0.2, 0.25) is 0 Å². The number of hydrogen-bond acceptors (Lipinski definition) is 5. The molecule has 1 aromatic heterocycles. The van der Waals surface area contributed by atoms with E-state index in [4.69, 9.17) is 9.47 Å². The largest absolute Gasteiger partial charge is 0.492 e. The topological polar surface area (TPSA) is 72.2 Å². The summed E-state index contributed by atoms with van der Waals surface area (Å²) in [5.74, 6) is -0.120. The number of esters is 1. The third-order valence-electron chi connectivity index (χ3n) is 4.83. The number of aromatic nitrogens is 1. The number of benzene rings is 2. The molecule has 3 aromatic rings. The molecular formula is C25H21F3N2O3. The van der Waals surface area contributed by atoms with E-state index < -0.39 is 17.7 Å². The predicted molar refractivity (Wildman–Crippen MR) is 116 cm³/mol.